The number of H-pyrrole nitrogens is 1. The van der Waals surface area contributed by atoms with Crippen LogP contribution >= 0.6 is 23.6 Å². The first-order valence-electron chi connectivity index (χ1n) is 2.77. The SMILES string of the molecule is NC(C(=O)O)c1csc(=S)[nH]1. The van der Waals surface area contributed by atoms with Gasteiger partial charge in [-0.1, -0.05) is 0 Å². The lowest BCUT2D eigenvalue weighted by molar-refractivity contribution is -0.138. The molecule has 1 heterocycles. The summed E-state index contributed by atoms with van der Waals surface area (Å²) >= 11 is 6.02. The zero-order chi connectivity index (χ0) is 8.43. The summed E-state index contributed by atoms with van der Waals surface area (Å²) in [4.78, 5) is 13.0. The summed E-state index contributed by atoms with van der Waals surface area (Å²) in [5.74, 6) is -1.06. The van der Waals surface area contributed by atoms with Crippen LogP contribution in [0.1, 0.15) is 11.7 Å². The standard InChI is InChI=1S/C5H6N2O2S2/c6-3(4(8)9)2-1-11-5(10)7-2/h1,3H,6H2,(H,7,10)(H,8,9). The Hall–Kier alpha value is -0.720. The fourth-order valence-corrected chi connectivity index (χ4v) is 1.46. The molecule has 1 unspecified atom stereocenters. The van der Waals surface area contributed by atoms with E-state index in [1.807, 2.05) is 0 Å². The summed E-state index contributed by atoms with van der Waals surface area (Å²) in [6, 6.07) is -0.997. The highest BCUT2D eigenvalue weighted by molar-refractivity contribution is 7.73. The number of carboxylic acid groups (broad SMARTS) is 1. The number of aromatic nitrogens is 1. The second-order valence-electron chi connectivity index (χ2n) is 1.92. The van der Waals surface area contributed by atoms with Crippen molar-refractivity contribution >= 4 is 29.5 Å². The average molecular weight is 190 g/mol. The monoisotopic (exact) mass is 190 g/mol. The van der Waals surface area contributed by atoms with E-state index >= 15 is 0 Å². The molecule has 0 aliphatic heterocycles. The van der Waals surface area contributed by atoms with Crippen LogP contribution in [-0.4, -0.2) is 16.1 Å². The Balaban J connectivity index is 2.93. The Bertz CT molecular complexity index is 316. The lowest BCUT2D eigenvalue weighted by Crippen LogP contribution is -2.20. The van der Waals surface area contributed by atoms with E-state index in [-0.39, 0.29) is 0 Å². The minimum Gasteiger partial charge on any atom is -0.480 e. The zero-order valence-corrected chi connectivity index (χ0v) is 7.04. The second-order valence-corrected chi connectivity index (χ2v) is 3.47. The lowest BCUT2D eigenvalue weighted by atomic mass is 10.2. The lowest BCUT2D eigenvalue weighted by Gasteiger charge is -2.00. The van der Waals surface area contributed by atoms with Crippen molar-refractivity contribution in [2.24, 2.45) is 5.73 Å². The molecule has 1 atom stereocenters. The van der Waals surface area contributed by atoms with Crippen molar-refractivity contribution in [2.45, 2.75) is 6.04 Å². The Morgan fingerprint density at radius 1 is 1.91 bits per heavy atom. The zero-order valence-electron chi connectivity index (χ0n) is 5.40. The maximum absolute atomic E-state index is 10.3. The van der Waals surface area contributed by atoms with Crippen molar-refractivity contribution < 1.29 is 9.90 Å². The third-order valence-corrected chi connectivity index (χ3v) is 2.22. The van der Waals surface area contributed by atoms with Gasteiger partial charge in [-0.2, -0.15) is 0 Å². The first-order valence-corrected chi connectivity index (χ1v) is 4.06. The number of nitrogens with one attached hydrogen (secondary N) is 1. The van der Waals surface area contributed by atoms with Gasteiger partial charge in [-0.3, -0.25) is 4.79 Å². The number of nitrogens with two attached hydrogens (primary N) is 1. The highest BCUT2D eigenvalue weighted by Gasteiger charge is 2.14. The molecule has 1 aromatic rings. The van der Waals surface area contributed by atoms with E-state index in [1.54, 1.807) is 5.38 Å². The third-order valence-electron chi connectivity index (χ3n) is 1.14. The predicted molar refractivity (Wildman–Crippen MR) is 44.1 cm³/mol. The van der Waals surface area contributed by atoms with Crippen molar-refractivity contribution in [3.63, 3.8) is 0 Å². The van der Waals surface area contributed by atoms with E-state index in [4.69, 9.17) is 23.1 Å². The fraction of sp³-hybridized carbons (Fsp3) is 0.200. The molecule has 1 rings (SSSR count). The third kappa shape index (κ3) is 1.86. The van der Waals surface area contributed by atoms with Gasteiger partial charge >= 0.3 is 5.97 Å². The molecule has 4 nitrogen and oxygen atoms in total. The summed E-state index contributed by atoms with van der Waals surface area (Å²) in [6.07, 6.45) is 0. The largest absolute Gasteiger partial charge is 0.480 e. The fourth-order valence-electron chi connectivity index (χ4n) is 0.578. The van der Waals surface area contributed by atoms with Crippen molar-refractivity contribution in [3.8, 4) is 0 Å². The molecule has 0 aromatic carbocycles. The van der Waals surface area contributed by atoms with Crippen molar-refractivity contribution in [2.75, 3.05) is 0 Å². The minimum atomic E-state index is -1.06. The van der Waals surface area contributed by atoms with Gasteiger partial charge < -0.3 is 15.8 Å². The second kappa shape index (κ2) is 3.12. The molecule has 0 fully saturated rings. The number of thiazole rings is 1. The van der Waals surface area contributed by atoms with Crippen LogP contribution in [0.2, 0.25) is 0 Å². The first-order chi connectivity index (χ1) is 5.11. The van der Waals surface area contributed by atoms with Gasteiger partial charge in [0.2, 0.25) is 0 Å². The Morgan fingerprint density at radius 3 is 2.91 bits per heavy atom. The predicted octanol–water partition coefficient (Wildman–Crippen LogP) is 0.890. The maximum atomic E-state index is 10.3. The van der Waals surface area contributed by atoms with Crippen LogP contribution in [0.25, 0.3) is 0 Å². The summed E-state index contributed by atoms with van der Waals surface area (Å²) in [5, 5.41) is 10.1. The molecule has 1 aromatic heterocycles. The van der Waals surface area contributed by atoms with E-state index in [0.29, 0.717) is 9.65 Å². The van der Waals surface area contributed by atoms with Crippen LogP contribution in [0, 0.1) is 3.95 Å². The highest BCUT2D eigenvalue weighted by Crippen LogP contribution is 2.11. The number of hydrogen-bond acceptors (Lipinski definition) is 4. The maximum Gasteiger partial charge on any atom is 0.326 e. The summed E-state index contributed by atoms with van der Waals surface area (Å²) < 4.78 is 0.539. The molecular formula is C5H6N2O2S2. The van der Waals surface area contributed by atoms with Crippen molar-refractivity contribution in [1.82, 2.24) is 4.98 Å². The smallest absolute Gasteiger partial charge is 0.326 e. The average Bonchev–Trinajstić information content (AvgIpc) is 2.34. The van der Waals surface area contributed by atoms with Gasteiger partial charge in [-0.15, -0.1) is 11.3 Å². The number of aromatic amines is 1. The summed E-state index contributed by atoms with van der Waals surface area (Å²) in [5.41, 5.74) is 5.73. The molecule has 0 aliphatic rings. The van der Waals surface area contributed by atoms with Crippen LogP contribution in [-0.2, 0) is 4.79 Å². The molecular weight excluding hydrogens is 184 g/mol. The molecule has 0 spiro atoms. The number of carboxylic acids is 1. The number of hydrogen-bond donors (Lipinski definition) is 3. The number of carbonyl (C=O) groups is 1. The highest BCUT2D eigenvalue weighted by atomic mass is 32.1. The Morgan fingerprint density at radius 2 is 2.55 bits per heavy atom. The van der Waals surface area contributed by atoms with Crippen molar-refractivity contribution in [3.05, 3.63) is 15.0 Å². The molecule has 0 radical (unpaired) electrons. The molecule has 0 saturated heterocycles. The van der Waals surface area contributed by atoms with Crippen LogP contribution in [0.5, 0.6) is 0 Å². The van der Waals surface area contributed by atoms with Gasteiger partial charge in [0.1, 0.15) is 6.04 Å². The van der Waals surface area contributed by atoms with E-state index in [0.717, 1.165) is 0 Å². The van der Waals surface area contributed by atoms with Gasteiger partial charge in [0.05, 0.1) is 5.69 Å². The molecule has 0 amide bonds. The molecule has 0 saturated carbocycles. The van der Waals surface area contributed by atoms with Crippen LogP contribution < -0.4 is 5.73 Å². The van der Waals surface area contributed by atoms with E-state index in [2.05, 4.69) is 4.98 Å². The molecule has 6 heteroatoms. The Labute approximate surface area is 71.7 Å². The van der Waals surface area contributed by atoms with E-state index in [9.17, 15) is 4.79 Å². The van der Waals surface area contributed by atoms with E-state index in [1.165, 1.54) is 11.3 Å². The van der Waals surface area contributed by atoms with Gasteiger partial charge in [-0.05, 0) is 12.2 Å². The molecule has 60 valence electrons. The first kappa shape index (κ1) is 8.38. The summed E-state index contributed by atoms with van der Waals surface area (Å²) in [7, 11) is 0. The van der Waals surface area contributed by atoms with Crippen molar-refractivity contribution in [1.29, 1.82) is 0 Å². The van der Waals surface area contributed by atoms with Crippen LogP contribution in [0.3, 0.4) is 0 Å². The Kier molecular flexibility index (Phi) is 2.38. The minimum absolute atomic E-state index is 0.451. The van der Waals surface area contributed by atoms with Crippen LogP contribution in [0.4, 0.5) is 0 Å². The van der Waals surface area contributed by atoms with Gasteiger partial charge in [0.15, 0.2) is 3.95 Å². The van der Waals surface area contributed by atoms with E-state index < -0.39 is 12.0 Å². The molecule has 0 aliphatic carbocycles. The quantitative estimate of drug-likeness (QED) is 0.605. The molecule has 0 bridgehead atoms. The normalized spacial score (nSPS) is 12.8. The molecule has 4 N–H and O–H groups in total. The van der Waals surface area contributed by atoms with Gasteiger partial charge in [0.25, 0.3) is 0 Å². The van der Waals surface area contributed by atoms with Gasteiger partial charge in [-0.25, -0.2) is 0 Å². The molecule has 11 heavy (non-hydrogen) atoms. The topological polar surface area (TPSA) is 79.1 Å². The van der Waals surface area contributed by atoms with Gasteiger partial charge in [0, 0.05) is 5.38 Å². The number of rotatable bonds is 2. The summed E-state index contributed by atoms with van der Waals surface area (Å²) in [6.45, 7) is 0. The number of aliphatic carboxylic acids is 1. The van der Waals surface area contributed by atoms with Crippen LogP contribution in [0.15, 0.2) is 5.38 Å².